The molecule has 4 heteroatoms. The maximum Gasteiger partial charge on any atom is 0.259 e. The van der Waals surface area contributed by atoms with E-state index in [2.05, 4.69) is 9.97 Å². The molecule has 0 unspecified atom stereocenters. The quantitative estimate of drug-likeness (QED) is 0.682. The molecule has 2 aromatic heterocycles. The second-order valence-electron chi connectivity index (χ2n) is 3.03. The second kappa shape index (κ2) is 3.06. The number of hydrogen-bond donors (Lipinski definition) is 1. The van der Waals surface area contributed by atoms with Gasteiger partial charge in [-0.2, -0.15) is 0 Å². The van der Waals surface area contributed by atoms with Gasteiger partial charge in [0.1, 0.15) is 0 Å². The molecule has 0 fully saturated rings. The van der Waals surface area contributed by atoms with E-state index in [1.54, 1.807) is 24.5 Å². The summed E-state index contributed by atoms with van der Waals surface area (Å²) in [4.78, 5) is 29.0. The van der Waals surface area contributed by atoms with Crippen LogP contribution in [0.3, 0.4) is 0 Å². The van der Waals surface area contributed by atoms with E-state index < -0.39 is 0 Å². The Morgan fingerprint density at radius 3 is 3.00 bits per heavy atom. The molecule has 0 radical (unpaired) electrons. The second-order valence-corrected chi connectivity index (χ2v) is 3.03. The highest BCUT2D eigenvalue weighted by Crippen LogP contribution is 2.08. The molecule has 0 bridgehead atoms. The first kappa shape index (κ1) is 8.62. The zero-order valence-corrected chi connectivity index (χ0v) is 7.57. The van der Waals surface area contributed by atoms with Crippen molar-refractivity contribution in [2.45, 2.75) is 6.92 Å². The van der Waals surface area contributed by atoms with Gasteiger partial charge in [0.2, 0.25) is 0 Å². The van der Waals surface area contributed by atoms with Gasteiger partial charge < -0.3 is 4.98 Å². The number of aromatic amines is 1. The summed E-state index contributed by atoms with van der Waals surface area (Å²) in [7, 11) is 0. The van der Waals surface area contributed by atoms with Crippen LogP contribution in [0.15, 0.2) is 29.3 Å². The third-order valence-electron chi connectivity index (χ3n) is 2.02. The van der Waals surface area contributed by atoms with E-state index in [0.29, 0.717) is 5.52 Å². The predicted molar refractivity (Wildman–Crippen MR) is 52.4 cm³/mol. The first-order valence-corrected chi connectivity index (χ1v) is 4.16. The fraction of sp³-hybridized carbons (Fsp3) is 0.100. The molecule has 2 heterocycles. The minimum absolute atomic E-state index is 0.172. The number of nitrogens with zero attached hydrogens (tertiary/aromatic N) is 1. The normalized spacial score (nSPS) is 10.4. The molecule has 2 aromatic rings. The lowest BCUT2D eigenvalue weighted by Gasteiger charge is -1.98. The number of H-pyrrole nitrogens is 1. The van der Waals surface area contributed by atoms with E-state index in [0.717, 1.165) is 5.39 Å². The number of nitrogens with one attached hydrogen (secondary N) is 1. The number of carbonyl (C=O) groups is 1. The average molecular weight is 188 g/mol. The van der Waals surface area contributed by atoms with Gasteiger partial charge in [0.05, 0.1) is 11.1 Å². The fourth-order valence-corrected chi connectivity index (χ4v) is 1.31. The van der Waals surface area contributed by atoms with Crippen LogP contribution in [0, 0.1) is 0 Å². The van der Waals surface area contributed by atoms with Gasteiger partial charge in [-0.1, -0.05) is 0 Å². The lowest BCUT2D eigenvalue weighted by molar-refractivity contribution is 0.101. The van der Waals surface area contributed by atoms with Gasteiger partial charge in [0.25, 0.3) is 5.56 Å². The SMILES string of the molecule is CC(=O)c1cc2cnccc2[nH]c1=O. The van der Waals surface area contributed by atoms with Crippen molar-refractivity contribution in [1.82, 2.24) is 9.97 Å². The Hall–Kier alpha value is -1.97. The van der Waals surface area contributed by atoms with Gasteiger partial charge in [0.15, 0.2) is 5.78 Å². The lowest BCUT2D eigenvalue weighted by atomic mass is 10.1. The lowest BCUT2D eigenvalue weighted by Crippen LogP contribution is -2.15. The highest BCUT2D eigenvalue weighted by atomic mass is 16.1. The maximum absolute atomic E-state index is 11.4. The van der Waals surface area contributed by atoms with Crippen molar-refractivity contribution >= 4 is 16.7 Å². The number of ketones is 1. The minimum atomic E-state index is -0.351. The topological polar surface area (TPSA) is 62.8 Å². The average Bonchev–Trinajstić information content (AvgIpc) is 2.16. The maximum atomic E-state index is 11.4. The Bertz CT molecular complexity index is 557. The van der Waals surface area contributed by atoms with E-state index in [9.17, 15) is 9.59 Å². The van der Waals surface area contributed by atoms with Crippen molar-refractivity contribution < 1.29 is 4.79 Å². The summed E-state index contributed by atoms with van der Waals surface area (Å²) in [5.74, 6) is -0.239. The zero-order valence-electron chi connectivity index (χ0n) is 7.57. The van der Waals surface area contributed by atoms with Crippen molar-refractivity contribution in [3.8, 4) is 0 Å². The van der Waals surface area contributed by atoms with Crippen molar-refractivity contribution in [2.75, 3.05) is 0 Å². The molecule has 0 spiro atoms. The minimum Gasteiger partial charge on any atom is -0.321 e. The molecule has 0 aliphatic carbocycles. The molecular formula is C10H8N2O2. The summed E-state index contributed by atoms with van der Waals surface area (Å²) >= 11 is 0. The van der Waals surface area contributed by atoms with Gasteiger partial charge in [-0.25, -0.2) is 0 Å². The number of fused-ring (bicyclic) bond motifs is 1. The molecule has 70 valence electrons. The zero-order chi connectivity index (χ0) is 10.1. The molecule has 4 nitrogen and oxygen atoms in total. The molecule has 2 rings (SSSR count). The molecule has 0 atom stereocenters. The number of hydrogen-bond acceptors (Lipinski definition) is 3. The van der Waals surface area contributed by atoms with Crippen LogP contribution < -0.4 is 5.56 Å². The van der Waals surface area contributed by atoms with Crippen LogP contribution in [0.5, 0.6) is 0 Å². The molecular weight excluding hydrogens is 180 g/mol. The van der Waals surface area contributed by atoms with Gasteiger partial charge >= 0.3 is 0 Å². The molecule has 14 heavy (non-hydrogen) atoms. The van der Waals surface area contributed by atoms with Crippen LogP contribution in [-0.4, -0.2) is 15.8 Å². The molecule has 0 saturated carbocycles. The van der Waals surface area contributed by atoms with E-state index in [-0.39, 0.29) is 16.9 Å². The third kappa shape index (κ3) is 1.31. The van der Waals surface area contributed by atoms with Crippen LogP contribution in [0.1, 0.15) is 17.3 Å². The third-order valence-corrected chi connectivity index (χ3v) is 2.02. The number of carbonyl (C=O) groups excluding carboxylic acids is 1. The summed E-state index contributed by atoms with van der Waals surface area (Å²) in [5, 5.41) is 0.761. The largest absolute Gasteiger partial charge is 0.321 e. The summed E-state index contributed by atoms with van der Waals surface area (Å²) < 4.78 is 0. The van der Waals surface area contributed by atoms with Gasteiger partial charge in [-0.3, -0.25) is 14.6 Å². The Morgan fingerprint density at radius 2 is 2.29 bits per heavy atom. The van der Waals surface area contributed by atoms with Crippen LogP contribution in [0.4, 0.5) is 0 Å². The molecule has 0 amide bonds. The number of aromatic nitrogens is 2. The van der Waals surface area contributed by atoms with Crippen LogP contribution in [0.25, 0.3) is 10.9 Å². The molecule has 0 aromatic carbocycles. The summed E-state index contributed by atoms with van der Waals surface area (Å²) in [6.07, 6.45) is 3.20. The number of Topliss-reactive ketones (excluding diaryl/α,β-unsaturated/α-hetero) is 1. The Morgan fingerprint density at radius 1 is 1.50 bits per heavy atom. The van der Waals surface area contributed by atoms with Crippen LogP contribution in [0.2, 0.25) is 0 Å². The summed E-state index contributed by atoms with van der Waals surface area (Å²) in [6.45, 7) is 1.37. The van der Waals surface area contributed by atoms with E-state index in [4.69, 9.17) is 0 Å². The molecule has 1 N–H and O–H groups in total. The molecule has 0 saturated heterocycles. The van der Waals surface area contributed by atoms with E-state index in [1.807, 2.05) is 0 Å². The fourth-order valence-electron chi connectivity index (χ4n) is 1.31. The Balaban J connectivity index is 2.84. The molecule has 0 aliphatic heterocycles. The van der Waals surface area contributed by atoms with E-state index in [1.165, 1.54) is 6.92 Å². The van der Waals surface area contributed by atoms with Crippen molar-refractivity contribution in [3.05, 3.63) is 40.4 Å². The highest BCUT2D eigenvalue weighted by Gasteiger charge is 2.06. The number of pyridine rings is 2. The number of rotatable bonds is 1. The summed E-state index contributed by atoms with van der Waals surface area (Å²) in [6, 6.07) is 3.25. The van der Waals surface area contributed by atoms with Gasteiger partial charge in [0, 0.05) is 17.8 Å². The monoisotopic (exact) mass is 188 g/mol. The first-order valence-electron chi connectivity index (χ1n) is 4.16. The first-order chi connectivity index (χ1) is 6.68. The van der Waals surface area contributed by atoms with Crippen LogP contribution in [-0.2, 0) is 0 Å². The predicted octanol–water partition coefficient (Wildman–Crippen LogP) is 1.13. The van der Waals surface area contributed by atoms with Gasteiger partial charge in [-0.05, 0) is 19.1 Å². The van der Waals surface area contributed by atoms with Crippen molar-refractivity contribution in [3.63, 3.8) is 0 Å². The molecule has 0 aliphatic rings. The van der Waals surface area contributed by atoms with Crippen LogP contribution >= 0.6 is 0 Å². The Kier molecular flexibility index (Phi) is 1.89. The highest BCUT2D eigenvalue weighted by molar-refractivity contribution is 5.96. The van der Waals surface area contributed by atoms with Crippen molar-refractivity contribution in [1.29, 1.82) is 0 Å². The standard InChI is InChI=1S/C10H8N2O2/c1-6(13)8-4-7-5-11-3-2-9(7)12-10(8)14/h2-5H,1H3,(H,12,14). The van der Waals surface area contributed by atoms with E-state index >= 15 is 0 Å². The van der Waals surface area contributed by atoms with Gasteiger partial charge in [-0.15, -0.1) is 0 Å². The summed E-state index contributed by atoms with van der Waals surface area (Å²) in [5.41, 5.74) is 0.511. The van der Waals surface area contributed by atoms with Crippen molar-refractivity contribution in [2.24, 2.45) is 0 Å². The Labute approximate surface area is 79.6 Å². The smallest absolute Gasteiger partial charge is 0.259 e.